The molecule has 1 aromatic heterocycles. The third kappa shape index (κ3) is 2.86. The molecule has 4 heteroatoms. The van der Waals surface area contributed by atoms with Gasteiger partial charge >= 0.3 is 0 Å². The molecule has 0 N–H and O–H groups in total. The number of piperazine rings is 1. The monoisotopic (exact) mass is 279 g/mol. The molecule has 1 aromatic rings. The lowest BCUT2D eigenvalue weighted by atomic mass is 10.1. The minimum absolute atomic E-state index is 0.725. The normalized spacial score (nSPS) is 28.7. The van der Waals surface area contributed by atoms with Crippen LogP contribution in [0.15, 0.2) is 6.20 Å². The molecule has 2 saturated heterocycles. The Hall–Kier alpha value is -0.450. The number of rotatable bonds is 4. The molecule has 3 heterocycles. The number of fused-ring (bicyclic) bond motifs is 1. The first-order chi connectivity index (χ1) is 9.30. The molecular weight excluding hydrogens is 254 g/mol. The van der Waals surface area contributed by atoms with E-state index in [4.69, 9.17) is 0 Å². The molecule has 106 valence electrons. The summed E-state index contributed by atoms with van der Waals surface area (Å²) >= 11 is 1.90. The third-order valence-corrected chi connectivity index (χ3v) is 5.79. The second kappa shape index (κ2) is 5.90. The van der Waals surface area contributed by atoms with Gasteiger partial charge in [0.1, 0.15) is 5.01 Å². The molecule has 3 rings (SSSR count). The van der Waals surface area contributed by atoms with E-state index in [1.807, 2.05) is 11.3 Å². The fourth-order valence-corrected chi connectivity index (χ4v) is 4.38. The zero-order valence-electron chi connectivity index (χ0n) is 12.1. The Labute approximate surface area is 120 Å². The van der Waals surface area contributed by atoms with Crippen molar-refractivity contribution in [3.8, 4) is 0 Å². The maximum Gasteiger partial charge on any atom is 0.107 e. The summed E-state index contributed by atoms with van der Waals surface area (Å²) in [5, 5.41) is 1.31. The van der Waals surface area contributed by atoms with Gasteiger partial charge in [-0.15, -0.1) is 11.3 Å². The van der Waals surface area contributed by atoms with Gasteiger partial charge in [-0.1, -0.05) is 13.8 Å². The van der Waals surface area contributed by atoms with Gasteiger partial charge in [0.2, 0.25) is 0 Å². The molecule has 3 nitrogen and oxygen atoms in total. The second-order valence-corrected chi connectivity index (χ2v) is 7.06. The van der Waals surface area contributed by atoms with Gasteiger partial charge in [-0.3, -0.25) is 9.80 Å². The van der Waals surface area contributed by atoms with Gasteiger partial charge in [0.15, 0.2) is 0 Å². The van der Waals surface area contributed by atoms with Crippen molar-refractivity contribution < 1.29 is 0 Å². The van der Waals surface area contributed by atoms with E-state index >= 15 is 0 Å². The first kappa shape index (κ1) is 13.5. The fourth-order valence-electron chi connectivity index (χ4n) is 3.49. The number of nitrogens with zero attached hydrogens (tertiary/aromatic N) is 3. The molecule has 19 heavy (non-hydrogen) atoms. The second-order valence-electron chi connectivity index (χ2n) is 5.86. The van der Waals surface area contributed by atoms with Crippen molar-refractivity contribution in [1.82, 2.24) is 14.8 Å². The highest BCUT2D eigenvalue weighted by Crippen LogP contribution is 2.27. The highest BCUT2D eigenvalue weighted by molar-refractivity contribution is 7.11. The topological polar surface area (TPSA) is 19.4 Å². The van der Waals surface area contributed by atoms with Gasteiger partial charge in [-0.05, 0) is 32.2 Å². The molecule has 0 radical (unpaired) electrons. The number of hydrogen-bond donors (Lipinski definition) is 0. The summed E-state index contributed by atoms with van der Waals surface area (Å²) in [6, 6.07) is 1.54. The summed E-state index contributed by atoms with van der Waals surface area (Å²) in [6.07, 6.45) is 7.23. The molecule has 2 aliphatic heterocycles. The van der Waals surface area contributed by atoms with Crippen LogP contribution >= 0.6 is 11.3 Å². The lowest BCUT2D eigenvalue weighted by Gasteiger charge is -2.43. The SMILES string of the molecule is CCc1cnc(CN2CC3CCCN3CC2CC)s1. The molecule has 0 aliphatic carbocycles. The smallest absolute Gasteiger partial charge is 0.107 e. The molecule has 2 aliphatic rings. The van der Waals surface area contributed by atoms with Crippen LogP contribution in [0.25, 0.3) is 0 Å². The van der Waals surface area contributed by atoms with Gasteiger partial charge in [-0.2, -0.15) is 0 Å². The van der Waals surface area contributed by atoms with Crippen LogP contribution in [0.2, 0.25) is 0 Å². The Morgan fingerprint density at radius 3 is 3.00 bits per heavy atom. The predicted molar refractivity (Wildman–Crippen MR) is 80.6 cm³/mol. The van der Waals surface area contributed by atoms with E-state index in [0.29, 0.717) is 0 Å². The van der Waals surface area contributed by atoms with E-state index in [1.54, 1.807) is 0 Å². The molecule has 0 bridgehead atoms. The summed E-state index contributed by atoms with van der Waals surface area (Å²) in [6.45, 7) is 9.45. The van der Waals surface area contributed by atoms with Crippen molar-refractivity contribution in [1.29, 1.82) is 0 Å². The van der Waals surface area contributed by atoms with Crippen molar-refractivity contribution in [2.45, 2.75) is 58.2 Å². The molecular formula is C15H25N3S. The van der Waals surface area contributed by atoms with Gasteiger partial charge in [0.05, 0.1) is 6.54 Å². The van der Waals surface area contributed by atoms with Crippen LogP contribution in [0.1, 0.15) is 43.0 Å². The number of aryl methyl sites for hydroxylation is 1. The summed E-state index contributed by atoms with van der Waals surface area (Å²) in [4.78, 5) is 11.4. The summed E-state index contributed by atoms with van der Waals surface area (Å²) in [7, 11) is 0. The lowest BCUT2D eigenvalue weighted by Crippen LogP contribution is -2.55. The average Bonchev–Trinajstić information content (AvgIpc) is 3.06. The molecule has 2 unspecified atom stereocenters. The molecule has 0 aromatic carbocycles. The van der Waals surface area contributed by atoms with Crippen LogP contribution in [-0.2, 0) is 13.0 Å². The van der Waals surface area contributed by atoms with E-state index in [2.05, 4.69) is 34.8 Å². The van der Waals surface area contributed by atoms with Crippen molar-refractivity contribution >= 4 is 11.3 Å². The Balaban J connectivity index is 1.67. The van der Waals surface area contributed by atoms with Crippen LogP contribution in [0, 0.1) is 0 Å². The highest BCUT2D eigenvalue weighted by atomic mass is 32.1. The third-order valence-electron chi connectivity index (χ3n) is 4.67. The molecule has 0 spiro atoms. The lowest BCUT2D eigenvalue weighted by molar-refractivity contribution is 0.0437. The van der Waals surface area contributed by atoms with Gasteiger partial charge < -0.3 is 0 Å². The standard InChI is InChI=1S/C15H25N3S/c1-3-12-9-17-7-5-6-13(17)10-18(12)11-15-16-8-14(4-2)19-15/h8,12-13H,3-7,9-11H2,1-2H3. The van der Waals surface area contributed by atoms with Crippen LogP contribution in [-0.4, -0.2) is 46.5 Å². The fraction of sp³-hybridized carbons (Fsp3) is 0.800. The zero-order chi connectivity index (χ0) is 13.2. The van der Waals surface area contributed by atoms with Crippen molar-refractivity contribution in [3.05, 3.63) is 16.1 Å². The zero-order valence-corrected chi connectivity index (χ0v) is 13.0. The Morgan fingerprint density at radius 1 is 1.37 bits per heavy atom. The predicted octanol–water partition coefficient (Wildman–Crippen LogP) is 2.76. The Bertz CT molecular complexity index is 417. The van der Waals surface area contributed by atoms with E-state index in [-0.39, 0.29) is 0 Å². The number of aromatic nitrogens is 1. The Morgan fingerprint density at radius 2 is 2.26 bits per heavy atom. The first-order valence-electron chi connectivity index (χ1n) is 7.71. The van der Waals surface area contributed by atoms with Crippen LogP contribution in [0.3, 0.4) is 0 Å². The first-order valence-corrected chi connectivity index (χ1v) is 8.53. The van der Waals surface area contributed by atoms with E-state index in [1.165, 1.54) is 48.8 Å². The molecule has 2 atom stereocenters. The van der Waals surface area contributed by atoms with E-state index in [9.17, 15) is 0 Å². The van der Waals surface area contributed by atoms with Gasteiger partial charge in [0.25, 0.3) is 0 Å². The van der Waals surface area contributed by atoms with Crippen molar-refractivity contribution in [2.75, 3.05) is 19.6 Å². The summed E-state index contributed by atoms with van der Waals surface area (Å²) < 4.78 is 0. The van der Waals surface area contributed by atoms with Crippen LogP contribution < -0.4 is 0 Å². The Kier molecular flexibility index (Phi) is 4.20. The average molecular weight is 279 g/mol. The van der Waals surface area contributed by atoms with Crippen molar-refractivity contribution in [3.63, 3.8) is 0 Å². The molecule has 0 amide bonds. The molecule has 0 saturated carbocycles. The van der Waals surface area contributed by atoms with E-state index < -0.39 is 0 Å². The summed E-state index contributed by atoms with van der Waals surface area (Å²) in [5.41, 5.74) is 0. The van der Waals surface area contributed by atoms with Crippen molar-refractivity contribution in [2.24, 2.45) is 0 Å². The van der Waals surface area contributed by atoms with E-state index in [0.717, 1.165) is 25.0 Å². The molecule has 2 fully saturated rings. The maximum atomic E-state index is 4.60. The van der Waals surface area contributed by atoms with Gasteiger partial charge in [-0.25, -0.2) is 4.98 Å². The number of hydrogen-bond acceptors (Lipinski definition) is 4. The highest BCUT2D eigenvalue weighted by Gasteiger charge is 2.35. The number of thiazole rings is 1. The van der Waals surface area contributed by atoms with Crippen LogP contribution in [0.5, 0.6) is 0 Å². The largest absolute Gasteiger partial charge is 0.298 e. The quantitative estimate of drug-likeness (QED) is 0.845. The minimum Gasteiger partial charge on any atom is -0.298 e. The van der Waals surface area contributed by atoms with Crippen LogP contribution in [0.4, 0.5) is 0 Å². The van der Waals surface area contributed by atoms with Gasteiger partial charge in [0, 0.05) is 36.2 Å². The minimum atomic E-state index is 0.725. The maximum absolute atomic E-state index is 4.60. The summed E-state index contributed by atoms with van der Waals surface area (Å²) in [5.74, 6) is 0.